The van der Waals surface area contributed by atoms with Crippen molar-refractivity contribution in [2.75, 3.05) is 0 Å². The van der Waals surface area contributed by atoms with Gasteiger partial charge in [-0.2, -0.15) is 0 Å². The van der Waals surface area contributed by atoms with Crippen molar-refractivity contribution in [2.45, 2.75) is 0 Å². The van der Waals surface area contributed by atoms with E-state index in [-0.39, 0.29) is 0 Å². The van der Waals surface area contributed by atoms with Crippen LogP contribution < -0.4 is 0 Å². The molecule has 0 N–H and O–H groups in total. The van der Waals surface area contributed by atoms with Gasteiger partial charge in [-0.1, -0.05) is 127 Å². The molecule has 0 saturated heterocycles. The van der Waals surface area contributed by atoms with Crippen LogP contribution in [0.2, 0.25) is 0 Å². The van der Waals surface area contributed by atoms with Crippen molar-refractivity contribution in [3.63, 3.8) is 0 Å². The van der Waals surface area contributed by atoms with Crippen LogP contribution in [0.1, 0.15) is 0 Å². The summed E-state index contributed by atoms with van der Waals surface area (Å²) < 4.78 is 2.36. The van der Waals surface area contributed by atoms with Crippen molar-refractivity contribution in [1.29, 1.82) is 0 Å². The molecule has 9 rings (SSSR count). The molecule has 2 heterocycles. The van der Waals surface area contributed by atoms with Gasteiger partial charge in [0.15, 0.2) is 0 Å². The largest absolute Gasteiger partial charge is 0.309 e. The van der Waals surface area contributed by atoms with E-state index in [0.717, 1.165) is 16.6 Å². The second-order valence-electron chi connectivity index (χ2n) is 11.6. The van der Waals surface area contributed by atoms with Gasteiger partial charge in [-0.15, -0.1) is 0 Å². The Labute approximate surface area is 261 Å². The smallest absolute Gasteiger partial charge is 0.0571 e. The number of hydrogen-bond acceptors (Lipinski definition) is 1. The first-order chi connectivity index (χ1) is 22.3. The highest BCUT2D eigenvalue weighted by Gasteiger charge is 2.17. The van der Waals surface area contributed by atoms with Crippen LogP contribution in [-0.2, 0) is 0 Å². The molecule has 0 unspecified atom stereocenters. The van der Waals surface area contributed by atoms with Crippen molar-refractivity contribution >= 4 is 43.4 Å². The highest BCUT2D eigenvalue weighted by Crippen LogP contribution is 2.44. The molecule has 2 nitrogen and oxygen atoms in total. The number of fused-ring (bicyclic) bond motifs is 5. The molecule has 0 atom stereocenters. The second-order valence-corrected chi connectivity index (χ2v) is 11.6. The Balaban J connectivity index is 1.24. The molecule has 0 spiro atoms. The number of hydrogen-bond donors (Lipinski definition) is 0. The van der Waals surface area contributed by atoms with Crippen molar-refractivity contribution in [3.8, 4) is 39.1 Å². The molecule has 0 aliphatic heterocycles. The lowest BCUT2D eigenvalue weighted by Gasteiger charge is -2.18. The van der Waals surface area contributed by atoms with Gasteiger partial charge in [0.1, 0.15) is 0 Å². The zero-order valence-corrected chi connectivity index (χ0v) is 24.6. The topological polar surface area (TPSA) is 17.8 Å². The molecule has 0 amide bonds. The average molecular weight is 573 g/mol. The maximum atomic E-state index is 4.50. The van der Waals surface area contributed by atoms with Crippen LogP contribution in [0.4, 0.5) is 0 Å². The van der Waals surface area contributed by atoms with Crippen LogP contribution in [-0.4, -0.2) is 9.55 Å². The summed E-state index contributed by atoms with van der Waals surface area (Å²) in [6.07, 6.45) is 3.88. The van der Waals surface area contributed by atoms with E-state index in [0.29, 0.717) is 0 Å². The molecule has 2 aromatic heterocycles. The van der Waals surface area contributed by atoms with Gasteiger partial charge >= 0.3 is 0 Å². The van der Waals surface area contributed by atoms with Crippen molar-refractivity contribution in [3.05, 3.63) is 170 Å². The van der Waals surface area contributed by atoms with Crippen LogP contribution in [0.3, 0.4) is 0 Å². The van der Waals surface area contributed by atoms with Crippen LogP contribution in [0.15, 0.2) is 170 Å². The summed E-state index contributed by atoms with van der Waals surface area (Å²) >= 11 is 0. The third kappa shape index (κ3) is 4.07. The lowest BCUT2D eigenvalue weighted by molar-refractivity contribution is 1.17. The average Bonchev–Trinajstić information content (AvgIpc) is 3.45. The van der Waals surface area contributed by atoms with Gasteiger partial charge in [-0.3, -0.25) is 4.98 Å². The van der Waals surface area contributed by atoms with E-state index < -0.39 is 0 Å². The van der Waals surface area contributed by atoms with E-state index in [1.165, 1.54) is 65.8 Å². The zero-order valence-electron chi connectivity index (χ0n) is 24.6. The first-order valence-corrected chi connectivity index (χ1v) is 15.4. The van der Waals surface area contributed by atoms with E-state index >= 15 is 0 Å². The van der Waals surface area contributed by atoms with Crippen LogP contribution >= 0.6 is 0 Å². The van der Waals surface area contributed by atoms with E-state index in [9.17, 15) is 0 Å². The number of rotatable bonds is 4. The summed E-state index contributed by atoms with van der Waals surface area (Å²) in [7, 11) is 0. The third-order valence-corrected chi connectivity index (χ3v) is 9.08. The van der Waals surface area contributed by atoms with E-state index in [1.54, 1.807) is 0 Å². The Kier molecular flexibility index (Phi) is 5.85. The summed E-state index contributed by atoms with van der Waals surface area (Å²) in [6, 6.07) is 57.0. The predicted molar refractivity (Wildman–Crippen MR) is 190 cm³/mol. The molecule has 0 aliphatic carbocycles. The van der Waals surface area contributed by atoms with E-state index in [2.05, 4.69) is 167 Å². The second kappa shape index (κ2) is 10.3. The molecule has 210 valence electrons. The minimum absolute atomic E-state index is 1.13. The molecule has 0 radical (unpaired) electrons. The van der Waals surface area contributed by atoms with Crippen LogP contribution in [0.25, 0.3) is 82.4 Å². The molecule has 7 aromatic carbocycles. The molecular formula is C43H28N2. The highest BCUT2D eigenvalue weighted by molar-refractivity contribution is 6.21. The number of benzene rings is 7. The minimum Gasteiger partial charge on any atom is -0.309 e. The number of aromatic nitrogens is 2. The monoisotopic (exact) mass is 572 g/mol. The maximum absolute atomic E-state index is 4.50. The van der Waals surface area contributed by atoms with Crippen LogP contribution in [0, 0.1) is 0 Å². The van der Waals surface area contributed by atoms with Gasteiger partial charge in [0.2, 0.25) is 0 Å². The van der Waals surface area contributed by atoms with Crippen LogP contribution in [0.5, 0.6) is 0 Å². The summed E-state index contributed by atoms with van der Waals surface area (Å²) in [5.74, 6) is 0. The Morgan fingerprint density at radius 1 is 0.356 bits per heavy atom. The first-order valence-electron chi connectivity index (χ1n) is 15.4. The highest BCUT2D eigenvalue weighted by atomic mass is 15.0. The molecule has 0 bridgehead atoms. The van der Waals surface area contributed by atoms with Crippen molar-refractivity contribution in [1.82, 2.24) is 9.55 Å². The molecule has 9 aromatic rings. The summed E-state index contributed by atoms with van der Waals surface area (Å²) in [5.41, 5.74) is 10.9. The molecule has 0 saturated carbocycles. The molecule has 0 aliphatic rings. The molecule has 0 fully saturated rings. The third-order valence-electron chi connectivity index (χ3n) is 9.08. The van der Waals surface area contributed by atoms with Crippen molar-refractivity contribution in [2.24, 2.45) is 0 Å². The Morgan fingerprint density at radius 3 is 1.44 bits per heavy atom. The summed E-state index contributed by atoms with van der Waals surface area (Å²) in [5, 5.41) is 7.43. The normalized spacial score (nSPS) is 11.6. The Bertz CT molecular complexity index is 2450. The quantitative estimate of drug-likeness (QED) is 0.192. The fraction of sp³-hybridized carbons (Fsp3) is 0. The SMILES string of the molecule is c1ccc(-c2ccc3c(c2)c2cnccc2n3-c2ccc(-c3c4ccccc4c(-c4ccccc4)c4ccccc34)cc2)cc1. The Morgan fingerprint density at radius 2 is 0.844 bits per heavy atom. The number of nitrogens with zero attached hydrogens (tertiary/aromatic N) is 2. The molecular weight excluding hydrogens is 544 g/mol. The predicted octanol–water partition coefficient (Wildman–Crippen LogP) is 11.5. The fourth-order valence-electron chi connectivity index (χ4n) is 7.09. The van der Waals surface area contributed by atoms with Gasteiger partial charge in [0.25, 0.3) is 0 Å². The van der Waals surface area contributed by atoms with Gasteiger partial charge < -0.3 is 4.57 Å². The fourth-order valence-corrected chi connectivity index (χ4v) is 7.09. The minimum atomic E-state index is 1.13. The van der Waals surface area contributed by atoms with E-state index in [1.807, 2.05) is 12.4 Å². The van der Waals surface area contributed by atoms with Gasteiger partial charge in [0.05, 0.1) is 11.0 Å². The van der Waals surface area contributed by atoms with E-state index in [4.69, 9.17) is 0 Å². The lowest BCUT2D eigenvalue weighted by Crippen LogP contribution is -1.95. The lowest BCUT2D eigenvalue weighted by atomic mass is 9.86. The first kappa shape index (κ1) is 25.5. The standard InChI is InChI=1S/C43H28N2/c1-3-11-29(12-4-1)32-21-24-40-38(27-32)39-28-44-26-25-41(39)45(40)33-22-19-31(20-23-33)43-36-17-9-7-15-34(36)42(30-13-5-2-6-14-30)35-16-8-10-18-37(35)43/h1-28H. The Hall–Kier alpha value is -5.99. The van der Waals surface area contributed by atoms with Gasteiger partial charge in [0, 0.05) is 28.9 Å². The number of pyridine rings is 1. The van der Waals surface area contributed by atoms with Crippen molar-refractivity contribution < 1.29 is 0 Å². The molecule has 45 heavy (non-hydrogen) atoms. The maximum Gasteiger partial charge on any atom is 0.0571 e. The molecule has 2 heteroatoms. The zero-order chi connectivity index (χ0) is 29.7. The summed E-state index contributed by atoms with van der Waals surface area (Å²) in [4.78, 5) is 4.50. The van der Waals surface area contributed by atoms with Gasteiger partial charge in [-0.05, 0) is 85.3 Å². The van der Waals surface area contributed by atoms with Gasteiger partial charge in [-0.25, -0.2) is 0 Å². The summed E-state index contributed by atoms with van der Waals surface area (Å²) in [6.45, 7) is 0.